The molecule has 18 heavy (non-hydrogen) atoms. The predicted molar refractivity (Wildman–Crippen MR) is 71.2 cm³/mol. The highest BCUT2D eigenvalue weighted by Crippen LogP contribution is 2.27. The normalized spacial score (nSPS) is 11.2. The number of nitrogens with two attached hydrogens (primary N) is 1. The fraction of sp³-hybridized carbons (Fsp3) is 0.231. The zero-order valence-electron chi connectivity index (χ0n) is 10.5. The van der Waals surface area contributed by atoms with Crippen LogP contribution in [0, 0.1) is 6.92 Å². The minimum absolute atomic E-state index is 0.656. The third-order valence-electron chi connectivity index (χ3n) is 3.18. The molecule has 0 bridgehead atoms. The highest BCUT2D eigenvalue weighted by atomic mass is 15.1. The van der Waals surface area contributed by atoms with Gasteiger partial charge in [-0.3, -0.25) is 4.40 Å². The van der Waals surface area contributed by atoms with E-state index in [0.29, 0.717) is 5.82 Å². The smallest absolute Gasteiger partial charge is 0.142 e. The molecule has 0 saturated carbocycles. The number of hydrogen-bond donors (Lipinski definition) is 1. The number of pyridine rings is 1. The monoisotopic (exact) mass is 241 g/mol. The van der Waals surface area contributed by atoms with Crippen LogP contribution in [0.25, 0.3) is 17.0 Å². The molecular formula is C13H15N5. The number of nitrogen functional groups attached to an aromatic ring is 1. The van der Waals surface area contributed by atoms with Crippen molar-refractivity contribution in [3.8, 4) is 11.4 Å². The Bertz CT molecular complexity index is 707. The molecule has 0 unspecified atom stereocenters. The van der Waals surface area contributed by atoms with Crippen molar-refractivity contribution < 1.29 is 0 Å². The summed E-state index contributed by atoms with van der Waals surface area (Å²) in [6, 6.07) is 4.00. The lowest BCUT2D eigenvalue weighted by atomic mass is 10.3. The zero-order valence-corrected chi connectivity index (χ0v) is 10.5. The maximum atomic E-state index is 6.18. The van der Waals surface area contributed by atoms with Gasteiger partial charge in [-0.2, -0.15) is 0 Å². The highest BCUT2D eigenvalue weighted by Gasteiger charge is 2.15. The Labute approximate surface area is 105 Å². The zero-order chi connectivity index (χ0) is 12.7. The number of hydrogen-bond acceptors (Lipinski definition) is 3. The van der Waals surface area contributed by atoms with Crippen LogP contribution in [0.15, 0.2) is 30.9 Å². The summed E-state index contributed by atoms with van der Waals surface area (Å²) >= 11 is 0. The summed E-state index contributed by atoms with van der Waals surface area (Å²) in [6.07, 6.45) is 5.53. The second kappa shape index (κ2) is 3.87. The van der Waals surface area contributed by atoms with Gasteiger partial charge in [0.05, 0.1) is 18.2 Å². The van der Waals surface area contributed by atoms with Crippen LogP contribution in [0.1, 0.15) is 12.5 Å². The van der Waals surface area contributed by atoms with Crippen molar-refractivity contribution in [2.75, 3.05) is 5.73 Å². The summed E-state index contributed by atoms with van der Waals surface area (Å²) in [6.45, 7) is 4.95. The van der Waals surface area contributed by atoms with E-state index in [1.54, 1.807) is 12.5 Å². The molecule has 0 atom stereocenters. The molecule has 0 aliphatic carbocycles. The van der Waals surface area contributed by atoms with Gasteiger partial charge in [-0.05, 0) is 25.5 Å². The van der Waals surface area contributed by atoms with E-state index in [1.165, 1.54) is 0 Å². The average molecular weight is 241 g/mol. The van der Waals surface area contributed by atoms with E-state index in [9.17, 15) is 0 Å². The molecular weight excluding hydrogens is 226 g/mol. The maximum Gasteiger partial charge on any atom is 0.142 e. The number of aryl methyl sites for hydroxylation is 2. The van der Waals surface area contributed by atoms with Crippen LogP contribution in [-0.4, -0.2) is 18.9 Å². The second-order valence-electron chi connectivity index (χ2n) is 4.30. The van der Waals surface area contributed by atoms with E-state index in [-0.39, 0.29) is 0 Å². The SMILES string of the molecule is CCn1cncc1-c1nc2c(C)cccn2c1N. The van der Waals surface area contributed by atoms with Crippen molar-refractivity contribution in [1.82, 2.24) is 18.9 Å². The number of nitrogens with zero attached hydrogens (tertiary/aromatic N) is 4. The highest BCUT2D eigenvalue weighted by molar-refractivity contribution is 5.73. The van der Waals surface area contributed by atoms with E-state index in [2.05, 4.69) is 16.9 Å². The van der Waals surface area contributed by atoms with Crippen LogP contribution in [0.5, 0.6) is 0 Å². The summed E-state index contributed by atoms with van der Waals surface area (Å²) in [5.74, 6) is 0.656. The van der Waals surface area contributed by atoms with Gasteiger partial charge < -0.3 is 10.3 Å². The molecule has 0 aliphatic heterocycles. The Morgan fingerprint density at radius 1 is 1.39 bits per heavy atom. The maximum absolute atomic E-state index is 6.18. The van der Waals surface area contributed by atoms with E-state index in [1.807, 2.05) is 34.2 Å². The summed E-state index contributed by atoms with van der Waals surface area (Å²) in [7, 11) is 0. The minimum Gasteiger partial charge on any atom is -0.383 e. The van der Waals surface area contributed by atoms with Gasteiger partial charge in [0.15, 0.2) is 0 Å². The topological polar surface area (TPSA) is 61.1 Å². The molecule has 3 aromatic rings. The number of aromatic nitrogens is 4. The molecule has 5 heteroatoms. The lowest BCUT2D eigenvalue weighted by Gasteiger charge is -2.02. The fourth-order valence-corrected chi connectivity index (χ4v) is 2.18. The number of anilines is 1. The first-order chi connectivity index (χ1) is 8.72. The van der Waals surface area contributed by atoms with Crippen molar-refractivity contribution in [2.45, 2.75) is 20.4 Å². The van der Waals surface area contributed by atoms with Crippen molar-refractivity contribution >= 4 is 11.5 Å². The van der Waals surface area contributed by atoms with Gasteiger partial charge in [0, 0.05) is 12.7 Å². The average Bonchev–Trinajstić information content (AvgIpc) is 2.95. The quantitative estimate of drug-likeness (QED) is 0.747. The van der Waals surface area contributed by atoms with Gasteiger partial charge in [-0.25, -0.2) is 9.97 Å². The van der Waals surface area contributed by atoms with Gasteiger partial charge in [-0.1, -0.05) is 6.07 Å². The molecule has 3 rings (SSSR count). The Morgan fingerprint density at radius 3 is 2.94 bits per heavy atom. The van der Waals surface area contributed by atoms with Gasteiger partial charge in [0.2, 0.25) is 0 Å². The van der Waals surface area contributed by atoms with Crippen molar-refractivity contribution in [1.29, 1.82) is 0 Å². The van der Waals surface area contributed by atoms with Crippen LogP contribution in [-0.2, 0) is 6.54 Å². The lowest BCUT2D eigenvalue weighted by Crippen LogP contribution is -1.98. The number of fused-ring (bicyclic) bond motifs is 1. The predicted octanol–water partition coefficient (Wildman–Crippen LogP) is 2.11. The molecule has 5 nitrogen and oxygen atoms in total. The minimum atomic E-state index is 0.656. The number of imidazole rings is 2. The molecule has 2 N–H and O–H groups in total. The van der Waals surface area contributed by atoms with Crippen LogP contribution >= 0.6 is 0 Å². The molecule has 92 valence electrons. The Balaban J connectivity index is 2.31. The van der Waals surface area contributed by atoms with Crippen LogP contribution in [0.4, 0.5) is 5.82 Å². The van der Waals surface area contributed by atoms with E-state index in [0.717, 1.165) is 29.1 Å². The molecule has 3 aromatic heterocycles. The van der Waals surface area contributed by atoms with E-state index >= 15 is 0 Å². The third kappa shape index (κ3) is 1.40. The number of rotatable bonds is 2. The van der Waals surface area contributed by atoms with Gasteiger partial charge in [-0.15, -0.1) is 0 Å². The Kier molecular flexibility index (Phi) is 2.33. The summed E-state index contributed by atoms with van der Waals surface area (Å²) < 4.78 is 3.95. The molecule has 0 aromatic carbocycles. The first-order valence-corrected chi connectivity index (χ1v) is 5.96. The van der Waals surface area contributed by atoms with Gasteiger partial charge in [0.25, 0.3) is 0 Å². The first-order valence-electron chi connectivity index (χ1n) is 5.96. The first kappa shape index (κ1) is 10.8. The Hall–Kier alpha value is -2.30. The van der Waals surface area contributed by atoms with E-state index < -0.39 is 0 Å². The summed E-state index contributed by atoms with van der Waals surface area (Å²) in [5, 5.41) is 0. The molecule has 0 spiro atoms. The standard InChI is InChI=1S/C13H15N5/c1-3-17-8-15-7-10(17)11-12(14)18-6-4-5-9(2)13(18)16-11/h4-8H,3,14H2,1-2H3. The largest absolute Gasteiger partial charge is 0.383 e. The van der Waals surface area contributed by atoms with Gasteiger partial charge >= 0.3 is 0 Å². The van der Waals surface area contributed by atoms with Gasteiger partial charge in [0.1, 0.15) is 17.2 Å². The Morgan fingerprint density at radius 2 is 2.22 bits per heavy atom. The molecule has 0 radical (unpaired) electrons. The third-order valence-corrected chi connectivity index (χ3v) is 3.18. The molecule has 3 heterocycles. The van der Waals surface area contributed by atoms with Crippen LogP contribution in [0.3, 0.4) is 0 Å². The molecule has 0 fully saturated rings. The van der Waals surface area contributed by atoms with Crippen molar-refractivity contribution in [3.63, 3.8) is 0 Å². The van der Waals surface area contributed by atoms with E-state index in [4.69, 9.17) is 5.73 Å². The van der Waals surface area contributed by atoms with Crippen molar-refractivity contribution in [3.05, 3.63) is 36.4 Å². The lowest BCUT2D eigenvalue weighted by molar-refractivity contribution is 0.767. The summed E-state index contributed by atoms with van der Waals surface area (Å²) in [4.78, 5) is 8.80. The fourth-order valence-electron chi connectivity index (χ4n) is 2.18. The van der Waals surface area contributed by atoms with Crippen LogP contribution in [0.2, 0.25) is 0 Å². The molecule has 0 saturated heterocycles. The molecule has 0 amide bonds. The van der Waals surface area contributed by atoms with Crippen LogP contribution < -0.4 is 5.73 Å². The van der Waals surface area contributed by atoms with Crippen molar-refractivity contribution in [2.24, 2.45) is 0 Å². The molecule has 0 aliphatic rings. The second-order valence-corrected chi connectivity index (χ2v) is 4.30. The summed E-state index contributed by atoms with van der Waals surface area (Å²) in [5.41, 5.74) is 9.94.